The number of nitrogens with two attached hydrogens (primary N) is 1. The molecule has 1 amide bonds. The molecule has 5 rings (SSSR count). The quantitative estimate of drug-likeness (QED) is 0.536. The number of piperazine rings is 1. The van der Waals surface area contributed by atoms with E-state index in [1.807, 2.05) is 65.6 Å². The normalized spacial score (nSPS) is 14.3. The number of anilines is 2. The minimum atomic E-state index is 0.00414. The summed E-state index contributed by atoms with van der Waals surface area (Å²) in [5.74, 6) is 0.00414. The maximum atomic E-state index is 13.2. The smallest absolute Gasteiger partial charge is 0.266 e. The SMILES string of the molecule is Nc1c(C(=O)N2CCN(c3ccccc3)CC2)sc2nc(-c3ccccc3)ccc12. The van der Waals surface area contributed by atoms with Crippen LogP contribution in [0, 0.1) is 0 Å². The van der Waals surface area contributed by atoms with Gasteiger partial charge in [-0.2, -0.15) is 0 Å². The summed E-state index contributed by atoms with van der Waals surface area (Å²) < 4.78 is 0. The molecule has 0 atom stereocenters. The largest absolute Gasteiger partial charge is 0.397 e. The van der Waals surface area contributed by atoms with Gasteiger partial charge in [0.25, 0.3) is 5.91 Å². The topological polar surface area (TPSA) is 62.5 Å². The van der Waals surface area contributed by atoms with Gasteiger partial charge >= 0.3 is 0 Å². The van der Waals surface area contributed by atoms with Crippen LogP contribution in [0.5, 0.6) is 0 Å². The number of amides is 1. The van der Waals surface area contributed by atoms with Crippen molar-refractivity contribution in [2.75, 3.05) is 36.8 Å². The molecule has 5 nitrogen and oxygen atoms in total. The van der Waals surface area contributed by atoms with Gasteiger partial charge in [0.15, 0.2) is 0 Å². The molecule has 30 heavy (non-hydrogen) atoms. The van der Waals surface area contributed by atoms with Crippen LogP contribution >= 0.6 is 11.3 Å². The number of fused-ring (bicyclic) bond motifs is 1. The van der Waals surface area contributed by atoms with Crippen molar-refractivity contribution >= 4 is 38.8 Å². The summed E-state index contributed by atoms with van der Waals surface area (Å²) >= 11 is 1.39. The Labute approximate surface area is 179 Å². The van der Waals surface area contributed by atoms with E-state index in [9.17, 15) is 4.79 Å². The zero-order valence-electron chi connectivity index (χ0n) is 16.5. The van der Waals surface area contributed by atoms with Gasteiger partial charge in [0.2, 0.25) is 0 Å². The Morgan fingerprint density at radius 3 is 2.23 bits per heavy atom. The van der Waals surface area contributed by atoms with Crippen molar-refractivity contribution in [3.05, 3.63) is 77.7 Å². The molecule has 1 aliphatic heterocycles. The van der Waals surface area contributed by atoms with Crippen molar-refractivity contribution in [2.24, 2.45) is 0 Å². The summed E-state index contributed by atoms with van der Waals surface area (Å²) in [4.78, 5) is 23.6. The lowest BCUT2D eigenvalue weighted by Crippen LogP contribution is -2.48. The minimum Gasteiger partial charge on any atom is -0.397 e. The highest BCUT2D eigenvalue weighted by atomic mass is 32.1. The van der Waals surface area contributed by atoms with E-state index in [0.29, 0.717) is 23.7 Å². The number of thiophene rings is 1. The fourth-order valence-electron chi connectivity index (χ4n) is 3.88. The van der Waals surface area contributed by atoms with Crippen LogP contribution in [0.15, 0.2) is 72.8 Å². The molecule has 2 aromatic carbocycles. The Morgan fingerprint density at radius 2 is 1.53 bits per heavy atom. The predicted octanol–water partition coefficient (Wildman–Crippen LogP) is 4.51. The second kappa shape index (κ2) is 7.80. The van der Waals surface area contributed by atoms with Gasteiger partial charge in [-0.1, -0.05) is 48.5 Å². The van der Waals surface area contributed by atoms with Crippen molar-refractivity contribution in [3.63, 3.8) is 0 Å². The lowest BCUT2D eigenvalue weighted by molar-refractivity contribution is 0.0752. The molecule has 2 aromatic heterocycles. The maximum absolute atomic E-state index is 13.2. The number of benzene rings is 2. The van der Waals surface area contributed by atoms with Crippen LogP contribution in [0.1, 0.15) is 9.67 Å². The molecule has 4 aromatic rings. The van der Waals surface area contributed by atoms with Crippen molar-refractivity contribution in [3.8, 4) is 11.3 Å². The van der Waals surface area contributed by atoms with Crippen LogP contribution in [-0.4, -0.2) is 42.0 Å². The third-order valence-corrected chi connectivity index (χ3v) is 6.65. The Bertz CT molecular complexity index is 1180. The molecule has 0 spiro atoms. The number of carbonyl (C=O) groups excluding carboxylic acids is 1. The summed E-state index contributed by atoms with van der Waals surface area (Å²) in [6, 6.07) is 24.3. The highest BCUT2D eigenvalue weighted by molar-refractivity contribution is 7.21. The van der Waals surface area contributed by atoms with E-state index >= 15 is 0 Å². The number of rotatable bonds is 3. The van der Waals surface area contributed by atoms with Crippen LogP contribution in [0.25, 0.3) is 21.5 Å². The number of aromatic nitrogens is 1. The Balaban J connectivity index is 1.37. The molecule has 0 bridgehead atoms. The molecule has 1 aliphatic rings. The van der Waals surface area contributed by atoms with E-state index in [4.69, 9.17) is 10.7 Å². The van der Waals surface area contributed by atoms with Crippen LogP contribution in [-0.2, 0) is 0 Å². The molecule has 0 saturated carbocycles. The van der Waals surface area contributed by atoms with Crippen molar-refractivity contribution in [1.82, 2.24) is 9.88 Å². The van der Waals surface area contributed by atoms with Crippen LogP contribution in [0.2, 0.25) is 0 Å². The van der Waals surface area contributed by atoms with Gasteiger partial charge in [-0.15, -0.1) is 11.3 Å². The fourth-order valence-corrected chi connectivity index (χ4v) is 4.94. The zero-order chi connectivity index (χ0) is 20.5. The van der Waals surface area contributed by atoms with Gasteiger partial charge < -0.3 is 15.5 Å². The van der Waals surface area contributed by atoms with Gasteiger partial charge in [0, 0.05) is 42.8 Å². The highest BCUT2D eigenvalue weighted by Crippen LogP contribution is 2.35. The predicted molar refractivity (Wildman–Crippen MR) is 124 cm³/mol. The number of para-hydroxylation sites is 1. The molecule has 1 saturated heterocycles. The van der Waals surface area contributed by atoms with Crippen molar-refractivity contribution in [2.45, 2.75) is 0 Å². The monoisotopic (exact) mass is 414 g/mol. The van der Waals surface area contributed by atoms with Crippen molar-refractivity contribution in [1.29, 1.82) is 0 Å². The zero-order valence-corrected chi connectivity index (χ0v) is 17.3. The molecule has 2 N–H and O–H groups in total. The Kier molecular flexibility index (Phi) is 4.85. The van der Waals surface area contributed by atoms with Gasteiger partial charge in [-0.25, -0.2) is 4.98 Å². The molecule has 0 radical (unpaired) electrons. The standard InChI is InChI=1S/C24H22N4OS/c25-21-19-11-12-20(17-7-3-1-4-8-17)26-23(19)30-22(21)24(29)28-15-13-27(14-16-28)18-9-5-2-6-10-18/h1-12H,13-16,25H2. The second-order valence-electron chi connectivity index (χ2n) is 7.37. The van der Waals surface area contributed by atoms with Gasteiger partial charge in [0.1, 0.15) is 9.71 Å². The first kappa shape index (κ1) is 18.6. The first-order valence-corrected chi connectivity index (χ1v) is 10.9. The molecule has 0 aliphatic carbocycles. The van der Waals surface area contributed by atoms with Crippen LogP contribution in [0.3, 0.4) is 0 Å². The molecule has 150 valence electrons. The van der Waals surface area contributed by atoms with Crippen molar-refractivity contribution < 1.29 is 4.79 Å². The van der Waals surface area contributed by atoms with E-state index in [1.54, 1.807) is 0 Å². The Hall–Kier alpha value is -3.38. The maximum Gasteiger partial charge on any atom is 0.266 e. The number of hydrogen-bond acceptors (Lipinski definition) is 5. The molecule has 6 heteroatoms. The summed E-state index contributed by atoms with van der Waals surface area (Å²) in [5.41, 5.74) is 10.0. The number of carbonyl (C=O) groups is 1. The highest BCUT2D eigenvalue weighted by Gasteiger charge is 2.26. The molecule has 0 unspecified atom stereocenters. The average Bonchev–Trinajstić information content (AvgIpc) is 3.15. The number of hydrogen-bond donors (Lipinski definition) is 1. The van der Waals surface area contributed by atoms with Gasteiger partial charge in [0.05, 0.1) is 11.4 Å². The van der Waals surface area contributed by atoms with E-state index in [1.165, 1.54) is 17.0 Å². The third-order valence-electron chi connectivity index (χ3n) is 5.55. The molecule has 3 heterocycles. The lowest BCUT2D eigenvalue weighted by Gasteiger charge is -2.36. The van der Waals surface area contributed by atoms with Crippen LogP contribution < -0.4 is 10.6 Å². The van der Waals surface area contributed by atoms with Gasteiger partial charge in [-0.05, 0) is 24.3 Å². The van der Waals surface area contributed by atoms with Crippen LogP contribution in [0.4, 0.5) is 11.4 Å². The third kappa shape index (κ3) is 3.39. The summed E-state index contributed by atoms with van der Waals surface area (Å²) in [7, 11) is 0. The summed E-state index contributed by atoms with van der Waals surface area (Å²) in [6.07, 6.45) is 0. The molecular formula is C24H22N4OS. The molecule has 1 fully saturated rings. The van der Waals surface area contributed by atoms with E-state index in [-0.39, 0.29) is 5.91 Å². The fraction of sp³-hybridized carbons (Fsp3) is 0.167. The second-order valence-corrected chi connectivity index (χ2v) is 8.37. The van der Waals surface area contributed by atoms with Gasteiger partial charge in [-0.3, -0.25) is 4.79 Å². The van der Waals surface area contributed by atoms with E-state index in [2.05, 4.69) is 17.0 Å². The first-order valence-electron chi connectivity index (χ1n) is 10.0. The van der Waals surface area contributed by atoms with E-state index < -0.39 is 0 Å². The summed E-state index contributed by atoms with van der Waals surface area (Å²) in [6.45, 7) is 3.00. The average molecular weight is 415 g/mol. The number of nitrogens with zero attached hydrogens (tertiary/aromatic N) is 3. The summed E-state index contributed by atoms with van der Waals surface area (Å²) in [5, 5.41) is 0.853. The number of pyridine rings is 1. The lowest BCUT2D eigenvalue weighted by atomic mass is 10.1. The number of nitrogen functional groups attached to an aromatic ring is 1. The minimum absolute atomic E-state index is 0.00414. The molecular weight excluding hydrogens is 392 g/mol. The van der Waals surface area contributed by atoms with E-state index in [0.717, 1.165) is 34.6 Å². The first-order chi connectivity index (χ1) is 14.7. The Morgan fingerprint density at radius 1 is 0.867 bits per heavy atom.